The van der Waals surface area contributed by atoms with Crippen molar-refractivity contribution in [2.24, 2.45) is 0 Å². The lowest BCUT2D eigenvalue weighted by molar-refractivity contribution is -0.389. The second-order valence-corrected chi connectivity index (χ2v) is 8.42. The van der Waals surface area contributed by atoms with Gasteiger partial charge in [0.1, 0.15) is 11.1 Å². The molecule has 1 amide bonds. The third-order valence-electron chi connectivity index (χ3n) is 4.88. The molecule has 0 fully saturated rings. The molecule has 0 unspecified atom stereocenters. The van der Waals surface area contributed by atoms with Gasteiger partial charge < -0.3 is 28.7 Å². The summed E-state index contributed by atoms with van der Waals surface area (Å²) in [5.74, 6) is 6.06. The van der Waals surface area contributed by atoms with Crippen molar-refractivity contribution in [1.29, 1.82) is 0 Å². The van der Waals surface area contributed by atoms with Crippen molar-refractivity contribution in [3.05, 3.63) is 63.9 Å². The van der Waals surface area contributed by atoms with Crippen LogP contribution in [0.5, 0.6) is 5.75 Å². The van der Waals surface area contributed by atoms with E-state index in [-0.39, 0.29) is 18.2 Å². The van der Waals surface area contributed by atoms with Crippen LogP contribution >= 0.6 is 0 Å². The highest BCUT2D eigenvalue weighted by Crippen LogP contribution is 2.34. The number of carbonyl (C=O) groups excluding carboxylic acids is 1. The molecule has 36 heavy (non-hydrogen) atoms. The van der Waals surface area contributed by atoms with Gasteiger partial charge in [-0.05, 0) is 68.0 Å². The summed E-state index contributed by atoms with van der Waals surface area (Å²) in [5.41, 5.74) is 0.00362. The van der Waals surface area contributed by atoms with Crippen LogP contribution < -0.4 is 9.64 Å². The standard InChI is InChI=1S/C26H27N3O7/c1-6-34-17-35-23-19-12-8-10-13-20(19)36-21(23)14-9-7-11-18-15-16-22(27-24(18)29(31)32)28(25(30)33-5)26(2,3)4/h8-10,12-16H,6,17H2,1-5H3/b14-9+. The van der Waals surface area contributed by atoms with Gasteiger partial charge in [-0.3, -0.25) is 0 Å². The van der Waals surface area contributed by atoms with Crippen LogP contribution in [0.1, 0.15) is 39.0 Å². The molecule has 0 radical (unpaired) electrons. The Kier molecular flexibility index (Phi) is 8.30. The maximum Gasteiger partial charge on any atom is 0.417 e. The molecule has 0 saturated carbocycles. The fraction of sp³-hybridized carbons (Fsp3) is 0.308. The number of aromatic nitrogens is 1. The molecule has 3 rings (SSSR count). The third kappa shape index (κ3) is 6.00. The van der Waals surface area contributed by atoms with Gasteiger partial charge in [-0.1, -0.05) is 24.0 Å². The molecule has 3 aromatic rings. The molecule has 2 heterocycles. The maximum atomic E-state index is 12.3. The van der Waals surface area contributed by atoms with Crippen molar-refractivity contribution in [2.75, 3.05) is 25.4 Å². The van der Waals surface area contributed by atoms with Gasteiger partial charge in [0.25, 0.3) is 5.82 Å². The van der Waals surface area contributed by atoms with E-state index in [1.54, 1.807) is 26.8 Å². The Bertz CT molecular complexity index is 1340. The van der Waals surface area contributed by atoms with E-state index in [0.29, 0.717) is 23.7 Å². The SMILES string of the molecule is CCOCOc1c(/C=C/C#Cc2ccc(N(C(=O)OC)C(C)(C)C)nc2[N+](=O)[O-])oc2ccccc12. The van der Waals surface area contributed by atoms with Crippen molar-refractivity contribution in [2.45, 2.75) is 33.2 Å². The minimum Gasteiger partial charge on any atom is -0.463 e. The van der Waals surface area contributed by atoms with Crippen LogP contribution in [0.2, 0.25) is 0 Å². The lowest BCUT2D eigenvalue weighted by atomic mass is 10.1. The molecule has 0 spiro atoms. The summed E-state index contributed by atoms with van der Waals surface area (Å²) < 4.78 is 21.7. The van der Waals surface area contributed by atoms with Crippen LogP contribution in [0, 0.1) is 22.0 Å². The molecule has 0 aliphatic heterocycles. The monoisotopic (exact) mass is 493 g/mol. The molecule has 0 aliphatic carbocycles. The van der Waals surface area contributed by atoms with E-state index in [4.69, 9.17) is 18.6 Å². The third-order valence-corrected chi connectivity index (χ3v) is 4.88. The van der Waals surface area contributed by atoms with E-state index in [2.05, 4.69) is 16.8 Å². The first-order valence-electron chi connectivity index (χ1n) is 11.1. The number of carbonyl (C=O) groups is 1. The van der Waals surface area contributed by atoms with Gasteiger partial charge in [-0.2, -0.15) is 0 Å². The highest BCUT2D eigenvalue weighted by Gasteiger charge is 2.34. The van der Waals surface area contributed by atoms with Crippen LogP contribution in [0.4, 0.5) is 16.4 Å². The number of anilines is 1. The van der Waals surface area contributed by atoms with E-state index in [1.165, 1.54) is 30.2 Å². The molecule has 0 atom stereocenters. The average Bonchev–Trinajstić information content (AvgIpc) is 3.19. The number of benzene rings is 1. The zero-order valence-electron chi connectivity index (χ0n) is 20.7. The number of hydrogen-bond donors (Lipinski definition) is 0. The first-order chi connectivity index (χ1) is 17.2. The zero-order chi connectivity index (χ0) is 26.3. The average molecular weight is 494 g/mol. The van der Waals surface area contributed by atoms with Gasteiger partial charge in [0, 0.05) is 18.2 Å². The number of furan rings is 1. The number of methoxy groups -OCH3 is 1. The molecule has 10 heteroatoms. The van der Waals surface area contributed by atoms with E-state index in [0.717, 1.165) is 5.39 Å². The number of fused-ring (bicyclic) bond motifs is 1. The highest BCUT2D eigenvalue weighted by molar-refractivity contribution is 5.89. The van der Waals surface area contributed by atoms with Gasteiger partial charge >= 0.3 is 11.9 Å². The number of allylic oxidation sites excluding steroid dienone is 1. The Hall–Kier alpha value is -4.36. The second-order valence-electron chi connectivity index (χ2n) is 8.42. The number of pyridine rings is 1. The molecule has 0 bridgehead atoms. The van der Waals surface area contributed by atoms with Crippen molar-refractivity contribution in [1.82, 2.24) is 4.98 Å². The van der Waals surface area contributed by atoms with Gasteiger partial charge in [0.05, 0.1) is 12.5 Å². The summed E-state index contributed by atoms with van der Waals surface area (Å²) in [4.78, 5) is 28.6. The fourth-order valence-corrected chi connectivity index (χ4v) is 3.32. The van der Waals surface area contributed by atoms with E-state index >= 15 is 0 Å². The maximum absolute atomic E-state index is 12.3. The van der Waals surface area contributed by atoms with Crippen molar-refractivity contribution in [3.63, 3.8) is 0 Å². The van der Waals surface area contributed by atoms with E-state index in [9.17, 15) is 14.9 Å². The molecule has 1 aromatic carbocycles. The van der Waals surface area contributed by atoms with Gasteiger partial charge in [0.2, 0.25) is 0 Å². The highest BCUT2D eigenvalue weighted by atomic mass is 16.7. The minimum absolute atomic E-state index is 0.0634. The Morgan fingerprint density at radius 3 is 2.67 bits per heavy atom. The van der Waals surface area contributed by atoms with Crippen LogP contribution in [0.15, 0.2) is 46.9 Å². The predicted molar refractivity (Wildman–Crippen MR) is 135 cm³/mol. The van der Waals surface area contributed by atoms with Gasteiger partial charge in [0.15, 0.2) is 18.3 Å². The van der Waals surface area contributed by atoms with Crippen molar-refractivity contribution < 1.29 is 28.3 Å². The molecular formula is C26H27N3O7. The Labute approximate surface area is 208 Å². The quantitative estimate of drug-likeness (QED) is 0.138. The summed E-state index contributed by atoms with van der Waals surface area (Å²) >= 11 is 0. The van der Waals surface area contributed by atoms with Crippen molar-refractivity contribution in [3.8, 4) is 17.6 Å². The largest absolute Gasteiger partial charge is 0.463 e. The number of rotatable bonds is 7. The first kappa shape index (κ1) is 26.2. The van der Waals surface area contributed by atoms with Crippen LogP contribution in [-0.2, 0) is 9.47 Å². The number of hydrogen-bond acceptors (Lipinski definition) is 8. The number of amides is 1. The van der Waals surface area contributed by atoms with E-state index in [1.807, 2.05) is 31.2 Å². The lowest BCUT2D eigenvalue weighted by Crippen LogP contribution is -2.46. The van der Waals surface area contributed by atoms with E-state index < -0.39 is 22.4 Å². The molecule has 0 N–H and O–H groups in total. The summed E-state index contributed by atoms with van der Waals surface area (Å²) in [5, 5.41) is 12.5. The normalized spacial score (nSPS) is 11.2. The summed E-state index contributed by atoms with van der Waals surface area (Å²) in [6.45, 7) is 7.73. The van der Waals surface area contributed by atoms with Crippen LogP contribution in [-0.4, -0.2) is 42.0 Å². The molecular weight excluding hydrogens is 466 g/mol. The second kappa shape index (κ2) is 11.4. The fourth-order valence-electron chi connectivity index (χ4n) is 3.32. The number of nitro groups is 1. The Morgan fingerprint density at radius 1 is 1.25 bits per heavy atom. The number of ether oxygens (including phenoxy) is 3. The smallest absolute Gasteiger partial charge is 0.417 e. The van der Waals surface area contributed by atoms with Crippen molar-refractivity contribution >= 4 is 34.8 Å². The summed E-state index contributed by atoms with van der Waals surface area (Å²) in [6.07, 6.45) is 2.43. The first-order valence-corrected chi connectivity index (χ1v) is 11.1. The Balaban J connectivity index is 1.92. The molecule has 2 aromatic heterocycles. The topological polar surface area (TPSA) is 117 Å². The van der Waals surface area contributed by atoms with Crippen LogP contribution in [0.3, 0.4) is 0 Å². The summed E-state index contributed by atoms with van der Waals surface area (Å²) in [6, 6.07) is 10.3. The molecule has 0 aliphatic rings. The zero-order valence-corrected chi connectivity index (χ0v) is 20.7. The molecule has 188 valence electrons. The van der Waals surface area contributed by atoms with Crippen LogP contribution in [0.25, 0.3) is 17.0 Å². The predicted octanol–water partition coefficient (Wildman–Crippen LogP) is 5.55. The minimum atomic E-state index is -0.724. The number of nitrogens with zero attached hydrogens (tertiary/aromatic N) is 3. The summed E-state index contributed by atoms with van der Waals surface area (Å²) in [7, 11) is 1.23. The molecule has 10 nitrogen and oxygen atoms in total. The Morgan fingerprint density at radius 2 is 2.00 bits per heavy atom. The lowest BCUT2D eigenvalue weighted by Gasteiger charge is -2.31. The number of para-hydroxylation sites is 1. The van der Waals surface area contributed by atoms with Gasteiger partial charge in [-0.25, -0.2) is 9.69 Å². The molecule has 0 saturated heterocycles. The van der Waals surface area contributed by atoms with Gasteiger partial charge in [-0.15, -0.1) is 0 Å².